The zero-order valence-electron chi connectivity index (χ0n) is 25.4. The maximum Gasteiger partial charge on any atom is 0.258 e. The highest BCUT2D eigenvalue weighted by molar-refractivity contribution is 5.95. The monoisotopic (exact) mass is 609 g/mol. The molecule has 2 N–H and O–H groups in total. The molecule has 0 aliphatic carbocycles. The summed E-state index contributed by atoms with van der Waals surface area (Å²) in [7, 11) is 1.49. The van der Waals surface area contributed by atoms with Crippen molar-refractivity contribution in [3.8, 4) is 22.9 Å². The van der Waals surface area contributed by atoms with E-state index in [1.54, 1.807) is 23.1 Å². The van der Waals surface area contributed by atoms with Gasteiger partial charge in [-0.3, -0.25) is 14.4 Å². The summed E-state index contributed by atoms with van der Waals surface area (Å²) in [5.41, 5.74) is 4.72. The van der Waals surface area contributed by atoms with Crippen molar-refractivity contribution in [2.24, 2.45) is 0 Å². The third kappa shape index (κ3) is 6.47. The number of hydrogen-bond acceptors (Lipinski definition) is 7. The molecule has 0 radical (unpaired) electrons. The number of likely N-dealkylation sites (tertiary alicyclic amines) is 1. The molecule has 2 atom stereocenters. The molecule has 4 bridgehead atoms. The van der Waals surface area contributed by atoms with E-state index in [1.807, 2.05) is 73.1 Å². The van der Waals surface area contributed by atoms with Gasteiger partial charge in [-0.2, -0.15) is 5.10 Å². The summed E-state index contributed by atoms with van der Waals surface area (Å²) < 4.78 is 19.3. The van der Waals surface area contributed by atoms with Crippen molar-refractivity contribution in [3.63, 3.8) is 0 Å². The lowest BCUT2D eigenvalue weighted by molar-refractivity contribution is -0.129. The van der Waals surface area contributed by atoms with E-state index < -0.39 is 12.1 Å². The number of nitrogens with one attached hydrogen (secondary N) is 2. The first-order valence-corrected chi connectivity index (χ1v) is 14.8. The summed E-state index contributed by atoms with van der Waals surface area (Å²) in [6, 6.07) is 21.5. The van der Waals surface area contributed by atoms with Crippen LogP contribution in [0.2, 0.25) is 0 Å². The van der Waals surface area contributed by atoms with E-state index in [1.165, 1.54) is 7.11 Å². The number of carbonyl (C=O) groups is 3. The lowest BCUT2D eigenvalue weighted by Crippen LogP contribution is -2.45. The molecular weight excluding hydrogens is 574 g/mol. The first-order valence-electron chi connectivity index (χ1n) is 14.8. The largest absolute Gasteiger partial charge is 0.493 e. The minimum absolute atomic E-state index is 0.0764. The topological polar surface area (TPSA) is 124 Å². The van der Waals surface area contributed by atoms with Crippen molar-refractivity contribution in [1.82, 2.24) is 25.3 Å². The zero-order valence-corrected chi connectivity index (χ0v) is 25.4. The van der Waals surface area contributed by atoms with E-state index >= 15 is 0 Å². The Hall–Kier alpha value is -5.32. The molecule has 4 heterocycles. The number of aryl methyl sites for hydroxylation is 1. The van der Waals surface area contributed by atoms with Crippen molar-refractivity contribution < 1.29 is 28.6 Å². The number of methoxy groups -OCH3 is 1. The number of para-hydroxylation sites is 1. The summed E-state index contributed by atoms with van der Waals surface area (Å²) in [5, 5.41) is 10.6. The predicted octanol–water partition coefficient (Wildman–Crippen LogP) is 3.14. The Labute approximate surface area is 261 Å². The van der Waals surface area contributed by atoms with Gasteiger partial charge in [-0.15, -0.1) is 0 Å². The van der Waals surface area contributed by atoms with Gasteiger partial charge in [0, 0.05) is 29.9 Å². The van der Waals surface area contributed by atoms with Crippen LogP contribution in [0.5, 0.6) is 17.2 Å². The van der Waals surface area contributed by atoms with E-state index in [0.29, 0.717) is 30.2 Å². The molecule has 4 aromatic rings. The Morgan fingerprint density at radius 1 is 1.02 bits per heavy atom. The number of fused-ring (bicyclic) bond motifs is 7. The van der Waals surface area contributed by atoms with Gasteiger partial charge in [-0.05, 0) is 61.9 Å². The highest BCUT2D eigenvalue weighted by Gasteiger charge is 2.38. The molecule has 1 saturated heterocycles. The molecule has 0 unspecified atom stereocenters. The van der Waals surface area contributed by atoms with Crippen molar-refractivity contribution in [1.29, 1.82) is 0 Å². The minimum Gasteiger partial charge on any atom is -0.493 e. The minimum atomic E-state index is -0.498. The fourth-order valence-electron chi connectivity index (χ4n) is 5.69. The lowest BCUT2D eigenvalue weighted by atomic mass is 10.1. The Balaban J connectivity index is 1.25. The molecule has 1 aromatic heterocycles. The number of amides is 3. The van der Waals surface area contributed by atoms with Gasteiger partial charge in [0.15, 0.2) is 18.1 Å². The number of aromatic nitrogens is 2. The molecular formula is C34H35N5O6. The van der Waals surface area contributed by atoms with Crippen molar-refractivity contribution >= 4 is 17.7 Å². The maximum atomic E-state index is 13.7. The fraction of sp³-hybridized carbons (Fsp3) is 0.294. The van der Waals surface area contributed by atoms with Gasteiger partial charge in [0.2, 0.25) is 5.91 Å². The van der Waals surface area contributed by atoms with Crippen molar-refractivity contribution in [2.75, 3.05) is 26.8 Å². The molecule has 7 rings (SSSR count). The Morgan fingerprint density at radius 3 is 2.56 bits per heavy atom. The van der Waals surface area contributed by atoms with Gasteiger partial charge < -0.3 is 29.7 Å². The van der Waals surface area contributed by atoms with E-state index in [0.717, 1.165) is 28.2 Å². The number of benzene rings is 3. The first kappa shape index (κ1) is 29.7. The van der Waals surface area contributed by atoms with Crippen LogP contribution in [0.4, 0.5) is 0 Å². The SMILES string of the molecule is COc1ccc2cc1OCC(=O)NCc1ccc(cc1)O[C@H]1CN(C(=O)Cc3c(C)nn(-c4ccccc4)c3C)C[C@@H]1NC2=O. The van der Waals surface area contributed by atoms with Crippen molar-refractivity contribution in [3.05, 3.63) is 101 Å². The van der Waals surface area contributed by atoms with Gasteiger partial charge in [-0.1, -0.05) is 30.3 Å². The van der Waals surface area contributed by atoms with Crippen LogP contribution in [0.3, 0.4) is 0 Å². The summed E-state index contributed by atoms with van der Waals surface area (Å²) in [6.07, 6.45) is -0.320. The van der Waals surface area contributed by atoms with Gasteiger partial charge in [0.25, 0.3) is 11.8 Å². The van der Waals surface area contributed by atoms with Crippen LogP contribution in [0, 0.1) is 13.8 Å². The Kier molecular flexibility index (Phi) is 8.41. The van der Waals surface area contributed by atoms with Crippen LogP contribution < -0.4 is 24.8 Å². The van der Waals surface area contributed by atoms with Gasteiger partial charge >= 0.3 is 0 Å². The van der Waals surface area contributed by atoms with Gasteiger partial charge in [0.1, 0.15) is 11.9 Å². The molecule has 3 aliphatic rings. The average molecular weight is 610 g/mol. The quantitative estimate of drug-likeness (QED) is 0.364. The van der Waals surface area contributed by atoms with Gasteiger partial charge in [0.05, 0.1) is 37.5 Å². The van der Waals surface area contributed by atoms with Crippen molar-refractivity contribution in [2.45, 2.75) is 39.0 Å². The Morgan fingerprint density at radius 2 is 1.80 bits per heavy atom. The highest BCUT2D eigenvalue weighted by atomic mass is 16.5. The third-order valence-electron chi connectivity index (χ3n) is 8.19. The normalized spacial score (nSPS) is 18.2. The number of hydrogen-bond donors (Lipinski definition) is 2. The van der Waals surface area contributed by atoms with E-state index in [-0.39, 0.29) is 43.0 Å². The third-order valence-corrected chi connectivity index (χ3v) is 8.19. The smallest absolute Gasteiger partial charge is 0.258 e. The second kappa shape index (κ2) is 12.7. The molecule has 1 fully saturated rings. The second-order valence-corrected chi connectivity index (χ2v) is 11.2. The highest BCUT2D eigenvalue weighted by Crippen LogP contribution is 2.29. The molecule has 3 amide bonds. The zero-order chi connectivity index (χ0) is 31.5. The van der Waals surface area contributed by atoms with E-state index in [9.17, 15) is 14.4 Å². The van der Waals surface area contributed by atoms with Crippen LogP contribution in [0.25, 0.3) is 5.69 Å². The standard InChI is InChI=1S/C34H35N5O6/c1-21-27(22(2)39(37-21)25-7-5-4-6-8-25)16-33(41)38-18-28-31(19-38)45-26-12-9-23(10-13-26)17-35-32(40)20-44-30-15-24(34(42)36-28)11-14-29(30)43-3/h4-15,28,31H,16-20H2,1-3H3,(H,35,40)(H,36,42)/t28-,31-/m0/s1. The second-order valence-electron chi connectivity index (χ2n) is 11.2. The van der Waals surface area contributed by atoms with Crippen LogP contribution >= 0.6 is 0 Å². The summed E-state index contributed by atoms with van der Waals surface area (Å²) in [5.74, 6) is 0.509. The molecule has 3 aromatic carbocycles. The molecule has 232 valence electrons. The predicted molar refractivity (Wildman–Crippen MR) is 166 cm³/mol. The number of rotatable bonds is 4. The molecule has 0 saturated carbocycles. The van der Waals surface area contributed by atoms with Crippen LogP contribution in [-0.2, 0) is 22.6 Å². The Bertz CT molecular complexity index is 1720. The number of ether oxygens (including phenoxy) is 3. The molecule has 11 nitrogen and oxygen atoms in total. The molecule has 3 aliphatic heterocycles. The van der Waals surface area contributed by atoms with Crippen LogP contribution in [0.1, 0.15) is 32.9 Å². The van der Waals surface area contributed by atoms with Crippen LogP contribution in [0.15, 0.2) is 72.8 Å². The summed E-state index contributed by atoms with van der Waals surface area (Å²) in [4.78, 5) is 41.4. The number of carbonyl (C=O) groups excluding carboxylic acids is 3. The number of nitrogens with zero attached hydrogens (tertiary/aromatic N) is 3. The van der Waals surface area contributed by atoms with Gasteiger partial charge in [-0.25, -0.2) is 4.68 Å². The fourth-order valence-corrected chi connectivity index (χ4v) is 5.69. The molecule has 0 spiro atoms. The van der Waals surface area contributed by atoms with E-state index in [4.69, 9.17) is 19.3 Å². The average Bonchev–Trinajstić information content (AvgIpc) is 3.58. The van der Waals surface area contributed by atoms with Crippen LogP contribution in [-0.4, -0.2) is 71.4 Å². The molecule has 11 heteroatoms. The molecule has 45 heavy (non-hydrogen) atoms. The lowest BCUT2D eigenvalue weighted by Gasteiger charge is -2.21. The first-order chi connectivity index (χ1) is 21.8. The van der Waals surface area contributed by atoms with E-state index in [2.05, 4.69) is 10.6 Å². The maximum absolute atomic E-state index is 13.7. The summed E-state index contributed by atoms with van der Waals surface area (Å²) >= 11 is 0. The summed E-state index contributed by atoms with van der Waals surface area (Å²) in [6.45, 7) is 4.52.